The van der Waals surface area contributed by atoms with E-state index in [9.17, 15) is 4.79 Å². The second-order valence-electron chi connectivity index (χ2n) is 5.49. The molecular weight excluding hydrogens is 385 g/mol. The van der Waals surface area contributed by atoms with Gasteiger partial charge in [0, 0.05) is 5.02 Å². The summed E-state index contributed by atoms with van der Waals surface area (Å²) < 4.78 is 0. The summed E-state index contributed by atoms with van der Waals surface area (Å²) in [7, 11) is 0. The van der Waals surface area contributed by atoms with E-state index in [2.05, 4.69) is 28.2 Å². The zero-order chi connectivity index (χ0) is 16.4. The predicted molar refractivity (Wildman–Crippen MR) is 100 cm³/mol. The number of benzene rings is 1. The first-order valence-corrected chi connectivity index (χ1v) is 9.61. The summed E-state index contributed by atoms with van der Waals surface area (Å²) >= 11 is 15.3. The van der Waals surface area contributed by atoms with Crippen molar-refractivity contribution in [3.63, 3.8) is 0 Å². The third kappa shape index (κ3) is 7.85. The lowest BCUT2D eigenvalue weighted by Crippen LogP contribution is -2.22. The van der Waals surface area contributed by atoms with Gasteiger partial charge in [-0.1, -0.05) is 91.0 Å². The van der Waals surface area contributed by atoms with E-state index < -0.39 is 0 Å². The average Bonchev–Trinajstić information content (AvgIpc) is 2.48. The normalized spacial score (nSPS) is 12.2. The molecular formula is C17H24BrCl2NO. The van der Waals surface area contributed by atoms with E-state index >= 15 is 0 Å². The summed E-state index contributed by atoms with van der Waals surface area (Å²) in [6, 6.07) is 5.05. The van der Waals surface area contributed by atoms with Crippen molar-refractivity contribution in [2.75, 3.05) is 5.32 Å². The average molecular weight is 409 g/mol. The van der Waals surface area contributed by atoms with E-state index in [1.807, 2.05) is 0 Å². The van der Waals surface area contributed by atoms with Crippen LogP contribution in [0.4, 0.5) is 5.69 Å². The summed E-state index contributed by atoms with van der Waals surface area (Å²) in [5, 5.41) is 3.84. The summed E-state index contributed by atoms with van der Waals surface area (Å²) in [4.78, 5) is 11.9. The van der Waals surface area contributed by atoms with Crippen molar-refractivity contribution >= 4 is 50.7 Å². The maximum atomic E-state index is 12.1. The van der Waals surface area contributed by atoms with Gasteiger partial charge in [-0.2, -0.15) is 0 Å². The molecule has 0 aliphatic carbocycles. The van der Waals surface area contributed by atoms with Gasteiger partial charge in [0.15, 0.2) is 0 Å². The molecule has 124 valence electrons. The summed E-state index contributed by atoms with van der Waals surface area (Å²) in [6.45, 7) is 2.22. The second kappa shape index (κ2) is 11.3. The monoisotopic (exact) mass is 407 g/mol. The molecule has 0 heterocycles. The minimum Gasteiger partial charge on any atom is -0.324 e. The van der Waals surface area contributed by atoms with Gasteiger partial charge in [-0.05, 0) is 24.6 Å². The zero-order valence-corrected chi connectivity index (χ0v) is 16.1. The Labute approximate surface area is 152 Å². The number of carbonyl (C=O) groups is 1. The first kappa shape index (κ1) is 19.8. The van der Waals surface area contributed by atoms with Crippen LogP contribution in [0, 0.1) is 0 Å². The Morgan fingerprint density at radius 3 is 2.41 bits per heavy atom. The number of carbonyl (C=O) groups excluding carboxylic acids is 1. The largest absolute Gasteiger partial charge is 0.324 e. The van der Waals surface area contributed by atoms with Crippen LogP contribution in [0.1, 0.15) is 58.3 Å². The Hall–Kier alpha value is -0.250. The SMILES string of the molecule is CCCCCCCCCC(Br)C(=O)Nc1ccc(Cl)cc1Cl. The van der Waals surface area contributed by atoms with Crippen LogP contribution >= 0.6 is 39.1 Å². The Balaban J connectivity index is 2.24. The summed E-state index contributed by atoms with van der Waals surface area (Å²) in [5.41, 5.74) is 0.597. The molecule has 0 fully saturated rings. The molecule has 1 rings (SSSR count). The van der Waals surface area contributed by atoms with Gasteiger partial charge in [0.2, 0.25) is 5.91 Å². The third-order valence-corrected chi connectivity index (χ3v) is 4.96. The highest BCUT2D eigenvalue weighted by Crippen LogP contribution is 2.26. The highest BCUT2D eigenvalue weighted by Gasteiger charge is 2.15. The van der Waals surface area contributed by atoms with Crippen molar-refractivity contribution < 1.29 is 4.79 Å². The van der Waals surface area contributed by atoms with Crippen LogP contribution in [0.2, 0.25) is 10.0 Å². The molecule has 0 aliphatic heterocycles. The number of anilines is 1. The fraction of sp³-hybridized carbons (Fsp3) is 0.588. The van der Waals surface area contributed by atoms with Gasteiger partial charge in [-0.25, -0.2) is 0 Å². The van der Waals surface area contributed by atoms with Gasteiger partial charge in [-0.3, -0.25) is 4.79 Å². The lowest BCUT2D eigenvalue weighted by Gasteiger charge is -2.12. The maximum Gasteiger partial charge on any atom is 0.238 e. The van der Waals surface area contributed by atoms with Crippen LogP contribution in [0.3, 0.4) is 0 Å². The molecule has 1 aromatic rings. The number of amides is 1. The van der Waals surface area contributed by atoms with E-state index in [-0.39, 0.29) is 10.7 Å². The number of nitrogens with one attached hydrogen (secondary N) is 1. The zero-order valence-electron chi connectivity index (χ0n) is 13.0. The maximum absolute atomic E-state index is 12.1. The van der Waals surface area contributed by atoms with Crippen molar-refractivity contribution in [2.45, 2.75) is 63.1 Å². The first-order chi connectivity index (χ1) is 10.5. The lowest BCUT2D eigenvalue weighted by molar-refractivity contribution is -0.115. The van der Waals surface area contributed by atoms with Crippen molar-refractivity contribution in [3.8, 4) is 0 Å². The predicted octanol–water partition coefficient (Wildman–Crippen LogP) is 6.84. The molecule has 22 heavy (non-hydrogen) atoms. The first-order valence-electron chi connectivity index (χ1n) is 7.94. The fourth-order valence-corrected chi connectivity index (χ4v) is 3.11. The van der Waals surface area contributed by atoms with Gasteiger partial charge in [0.05, 0.1) is 15.5 Å². The minimum absolute atomic E-state index is 0.0600. The van der Waals surface area contributed by atoms with E-state index in [1.54, 1.807) is 18.2 Å². The molecule has 0 aromatic heterocycles. The molecule has 1 unspecified atom stereocenters. The van der Waals surface area contributed by atoms with E-state index in [1.165, 1.54) is 38.5 Å². The Kier molecular flexibility index (Phi) is 10.2. The van der Waals surface area contributed by atoms with Crippen LogP contribution in [-0.4, -0.2) is 10.7 Å². The minimum atomic E-state index is -0.185. The Bertz CT molecular complexity index is 468. The van der Waals surface area contributed by atoms with Crippen LogP contribution in [-0.2, 0) is 4.79 Å². The van der Waals surface area contributed by atoms with Crippen molar-refractivity contribution in [1.82, 2.24) is 0 Å². The van der Waals surface area contributed by atoms with Gasteiger partial charge in [0.1, 0.15) is 0 Å². The standard InChI is InChI=1S/C17H24BrCl2NO/c1-2-3-4-5-6-7-8-9-14(18)17(22)21-16-11-10-13(19)12-15(16)20/h10-12,14H,2-9H2,1H3,(H,21,22). The molecule has 0 aliphatic rings. The highest BCUT2D eigenvalue weighted by atomic mass is 79.9. The van der Waals surface area contributed by atoms with Crippen molar-refractivity contribution in [1.29, 1.82) is 0 Å². The Morgan fingerprint density at radius 1 is 1.14 bits per heavy atom. The number of unbranched alkanes of at least 4 members (excludes halogenated alkanes) is 6. The van der Waals surface area contributed by atoms with E-state index in [0.29, 0.717) is 15.7 Å². The molecule has 5 heteroatoms. The molecule has 0 saturated heterocycles. The molecule has 0 radical (unpaired) electrons. The topological polar surface area (TPSA) is 29.1 Å². The van der Waals surface area contributed by atoms with Gasteiger partial charge in [0.25, 0.3) is 0 Å². The molecule has 2 nitrogen and oxygen atoms in total. The molecule has 1 amide bonds. The Morgan fingerprint density at radius 2 is 1.77 bits per heavy atom. The van der Waals surface area contributed by atoms with Gasteiger partial charge >= 0.3 is 0 Å². The molecule has 0 saturated carbocycles. The van der Waals surface area contributed by atoms with E-state index in [4.69, 9.17) is 23.2 Å². The number of alkyl halides is 1. The van der Waals surface area contributed by atoms with Crippen LogP contribution in [0.5, 0.6) is 0 Å². The quantitative estimate of drug-likeness (QED) is 0.333. The molecule has 0 bridgehead atoms. The lowest BCUT2D eigenvalue weighted by atomic mass is 10.1. The number of hydrogen-bond donors (Lipinski definition) is 1. The van der Waals surface area contributed by atoms with Crippen molar-refractivity contribution in [2.24, 2.45) is 0 Å². The van der Waals surface area contributed by atoms with Crippen molar-refractivity contribution in [3.05, 3.63) is 28.2 Å². The number of hydrogen-bond acceptors (Lipinski definition) is 1. The third-order valence-electron chi connectivity index (χ3n) is 3.53. The van der Waals surface area contributed by atoms with Gasteiger partial charge in [-0.15, -0.1) is 0 Å². The summed E-state index contributed by atoms with van der Waals surface area (Å²) in [6.07, 6.45) is 9.55. The molecule has 1 atom stereocenters. The van der Waals surface area contributed by atoms with Crippen LogP contribution in [0.15, 0.2) is 18.2 Å². The van der Waals surface area contributed by atoms with Crippen LogP contribution in [0.25, 0.3) is 0 Å². The van der Waals surface area contributed by atoms with E-state index in [0.717, 1.165) is 12.8 Å². The molecule has 1 N–H and O–H groups in total. The molecule has 0 spiro atoms. The smallest absolute Gasteiger partial charge is 0.238 e. The van der Waals surface area contributed by atoms with Gasteiger partial charge < -0.3 is 5.32 Å². The highest BCUT2D eigenvalue weighted by molar-refractivity contribution is 9.10. The van der Waals surface area contributed by atoms with Crippen LogP contribution < -0.4 is 5.32 Å². The fourth-order valence-electron chi connectivity index (χ4n) is 2.21. The second-order valence-corrected chi connectivity index (χ2v) is 7.44. The number of halogens is 3. The number of rotatable bonds is 10. The summed E-state index contributed by atoms with van der Waals surface area (Å²) in [5.74, 6) is -0.0600. The molecule has 1 aromatic carbocycles.